The molecule has 0 aliphatic heterocycles. The zero-order chi connectivity index (χ0) is 16.5. The summed E-state index contributed by atoms with van der Waals surface area (Å²) in [5.74, 6) is -0.714. The van der Waals surface area contributed by atoms with Crippen LogP contribution < -0.4 is 0 Å². The number of ether oxygens (including phenoxy) is 1. The molecule has 1 aliphatic rings. The molecule has 0 saturated heterocycles. The second-order valence-corrected chi connectivity index (χ2v) is 5.85. The summed E-state index contributed by atoms with van der Waals surface area (Å²) in [4.78, 5) is 21.8. The number of esters is 1. The number of Topliss-reactive ketones (excluding diaryl/α,β-unsaturated/α-hetero) is 1. The Morgan fingerprint density at radius 3 is 2.05 bits per heavy atom. The second-order valence-electron chi connectivity index (χ2n) is 5.85. The molecule has 3 nitrogen and oxygen atoms in total. The minimum Gasteiger partial charge on any atom is -0.466 e. The molecule has 1 saturated carbocycles. The molecule has 1 unspecified atom stereocenters. The molecular weight excluding hydrogens is 278 g/mol. The molecule has 0 spiro atoms. The monoisotopic (exact) mass is 306 g/mol. The Hall–Kier alpha value is -1.00. The summed E-state index contributed by atoms with van der Waals surface area (Å²) in [6, 6.07) is 0. The first-order chi connectivity index (χ1) is 9.75. The molecule has 0 radical (unpaired) electrons. The van der Waals surface area contributed by atoms with Gasteiger partial charge in [-0.05, 0) is 40.0 Å². The van der Waals surface area contributed by atoms with Crippen LogP contribution in [0.2, 0.25) is 0 Å². The molecule has 0 aromatic carbocycles. The number of carbonyl (C=O) groups is 2. The van der Waals surface area contributed by atoms with E-state index in [9.17, 15) is 18.4 Å². The third-order valence-corrected chi connectivity index (χ3v) is 3.98. The fourth-order valence-corrected chi connectivity index (χ4v) is 2.46. The van der Waals surface area contributed by atoms with Gasteiger partial charge in [0.25, 0.3) is 0 Å². The van der Waals surface area contributed by atoms with Crippen molar-refractivity contribution in [3.8, 4) is 0 Å². The summed E-state index contributed by atoms with van der Waals surface area (Å²) in [6.45, 7) is 5.26. The van der Waals surface area contributed by atoms with Crippen LogP contribution in [0, 0.1) is 5.41 Å². The fourth-order valence-electron chi connectivity index (χ4n) is 2.46. The quantitative estimate of drug-likeness (QED) is 0.691. The first-order valence-corrected chi connectivity index (χ1v) is 7.69. The largest absolute Gasteiger partial charge is 0.466 e. The lowest BCUT2D eigenvalue weighted by molar-refractivity contribution is -0.155. The maximum absolute atomic E-state index is 12.2. The van der Waals surface area contributed by atoms with Gasteiger partial charge in [0.05, 0.1) is 12.0 Å². The predicted octanol–water partition coefficient (Wildman–Crippen LogP) is 4.18. The van der Waals surface area contributed by atoms with Crippen LogP contribution in [0.3, 0.4) is 0 Å². The summed E-state index contributed by atoms with van der Waals surface area (Å²) < 4.78 is 28.8. The fraction of sp³-hybridized carbons (Fsp3) is 0.875. The summed E-state index contributed by atoms with van der Waals surface area (Å²) in [7, 11) is 0. The van der Waals surface area contributed by atoms with Gasteiger partial charge in [-0.15, -0.1) is 0 Å². The van der Waals surface area contributed by atoms with E-state index in [1.54, 1.807) is 0 Å². The highest BCUT2D eigenvalue weighted by atomic mass is 19.2. The summed E-state index contributed by atoms with van der Waals surface area (Å²) in [6.07, 6.45) is 6.56. The number of hydrogen-bond acceptors (Lipinski definition) is 3. The van der Waals surface area contributed by atoms with Crippen LogP contribution in [0.5, 0.6) is 0 Å². The van der Waals surface area contributed by atoms with Crippen LogP contribution in [0.15, 0.2) is 0 Å². The molecule has 124 valence electrons. The molecular formula is C16H28F2O3. The Bertz CT molecular complexity index is 334. The van der Waals surface area contributed by atoms with E-state index in [1.807, 2.05) is 6.92 Å². The lowest BCUT2D eigenvalue weighted by atomic mass is 9.82. The normalized spacial score (nSPS) is 19.1. The summed E-state index contributed by atoms with van der Waals surface area (Å²) >= 11 is 0. The molecule has 1 aliphatic carbocycles. The topological polar surface area (TPSA) is 43.4 Å². The van der Waals surface area contributed by atoms with E-state index in [-0.39, 0.29) is 11.4 Å². The number of alkyl halides is 2. The van der Waals surface area contributed by atoms with Gasteiger partial charge in [-0.25, -0.2) is 8.78 Å². The molecule has 1 fully saturated rings. The Balaban J connectivity index is 0.000000433. The highest BCUT2D eigenvalue weighted by molar-refractivity contribution is 5.84. The molecule has 0 aromatic rings. The van der Waals surface area contributed by atoms with Gasteiger partial charge in [0.15, 0.2) is 11.5 Å². The molecule has 21 heavy (non-hydrogen) atoms. The number of halogens is 2. The van der Waals surface area contributed by atoms with Crippen LogP contribution in [0.1, 0.15) is 66.2 Å². The zero-order valence-electron chi connectivity index (χ0n) is 13.6. The van der Waals surface area contributed by atoms with Gasteiger partial charge in [0, 0.05) is 0 Å². The lowest BCUT2D eigenvalue weighted by Crippen LogP contribution is -2.30. The number of rotatable bonds is 6. The van der Waals surface area contributed by atoms with Crippen molar-refractivity contribution in [2.24, 2.45) is 5.41 Å². The summed E-state index contributed by atoms with van der Waals surface area (Å²) in [5, 5.41) is 0. The van der Waals surface area contributed by atoms with Gasteiger partial charge in [-0.3, -0.25) is 9.59 Å². The predicted molar refractivity (Wildman–Crippen MR) is 78.6 cm³/mol. The van der Waals surface area contributed by atoms with Crippen molar-refractivity contribution < 1.29 is 23.1 Å². The lowest BCUT2D eigenvalue weighted by Gasteiger charge is -2.25. The van der Waals surface area contributed by atoms with Crippen LogP contribution >= 0.6 is 0 Å². The van der Waals surface area contributed by atoms with Crippen LogP contribution in [-0.4, -0.2) is 30.7 Å². The molecule has 1 atom stereocenters. The van der Waals surface area contributed by atoms with E-state index < -0.39 is 18.1 Å². The maximum atomic E-state index is 12.2. The van der Waals surface area contributed by atoms with Crippen molar-refractivity contribution in [2.75, 3.05) is 13.3 Å². The highest BCUT2D eigenvalue weighted by Crippen LogP contribution is 2.42. The third kappa shape index (κ3) is 6.10. The van der Waals surface area contributed by atoms with Gasteiger partial charge >= 0.3 is 5.97 Å². The van der Waals surface area contributed by atoms with Gasteiger partial charge in [-0.1, -0.05) is 26.2 Å². The van der Waals surface area contributed by atoms with Crippen molar-refractivity contribution in [1.29, 1.82) is 0 Å². The van der Waals surface area contributed by atoms with Crippen molar-refractivity contribution in [1.82, 2.24) is 0 Å². The molecule has 5 heteroatoms. The van der Waals surface area contributed by atoms with Crippen molar-refractivity contribution in [3.05, 3.63) is 0 Å². The van der Waals surface area contributed by atoms with E-state index in [2.05, 4.69) is 6.92 Å². The summed E-state index contributed by atoms with van der Waals surface area (Å²) in [5.41, 5.74) is -2.37. The average Bonchev–Trinajstić information content (AvgIpc) is 2.90. The smallest absolute Gasteiger partial charge is 0.312 e. The van der Waals surface area contributed by atoms with E-state index in [0.29, 0.717) is 6.61 Å². The number of hydrogen-bond donors (Lipinski definition) is 0. The molecule has 0 bridgehead atoms. The van der Waals surface area contributed by atoms with E-state index in [0.717, 1.165) is 39.5 Å². The minimum atomic E-state index is -2.26. The van der Waals surface area contributed by atoms with E-state index >= 15 is 0 Å². The van der Waals surface area contributed by atoms with Gasteiger partial charge in [0.1, 0.15) is 6.67 Å². The second kappa shape index (κ2) is 9.11. The molecule has 0 amide bonds. The zero-order valence-corrected chi connectivity index (χ0v) is 13.6. The van der Waals surface area contributed by atoms with Crippen LogP contribution in [0.4, 0.5) is 8.78 Å². The standard InChI is InChI=1S/C11H20O2.C5H8F2O/c1-3-7-11(8-5-6-9-11)10(12)13-4-2;1-4(8)5(2,7)3-6/h3-9H2,1-2H3;3H2,1-2H3. The van der Waals surface area contributed by atoms with Crippen molar-refractivity contribution in [2.45, 2.75) is 71.9 Å². The Morgan fingerprint density at radius 2 is 1.76 bits per heavy atom. The maximum Gasteiger partial charge on any atom is 0.312 e. The molecule has 0 heterocycles. The number of carbonyl (C=O) groups excluding carboxylic acids is 2. The SMILES string of the molecule is CC(=O)C(C)(F)CF.CCCC1(C(=O)OCC)CCCC1. The van der Waals surface area contributed by atoms with E-state index in [1.165, 1.54) is 12.8 Å². The number of ketones is 1. The Labute approximate surface area is 126 Å². The van der Waals surface area contributed by atoms with Crippen LogP contribution in [-0.2, 0) is 14.3 Å². The van der Waals surface area contributed by atoms with Crippen molar-refractivity contribution >= 4 is 11.8 Å². The first-order valence-electron chi connectivity index (χ1n) is 7.69. The Kier molecular flexibility index (Phi) is 8.67. The molecule has 0 N–H and O–H groups in total. The minimum absolute atomic E-state index is 0.0503. The average molecular weight is 306 g/mol. The third-order valence-electron chi connectivity index (χ3n) is 3.98. The van der Waals surface area contributed by atoms with Gasteiger partial charge < -0.3 is 4.74 Å². The van der Waals surface area contributed by atoms with Gasteiger partial charge in [0.2, 0.25) is 0 Å². The molecule has 1 rings (SSSR count). The van der Waals surface area contributed by atoms with Crippen LogP contribution in [0.25, 0.3) is 0 Å². The highest BCUT2D eigenvalue weighted by Gasteiger charge is 2.41. The molecule has 0 aromatic heterocycles. The Morgan fingerprint density at radius 1 is 1.24 bits per heavy atom. The van der Waals surface area contributed by atoms with Gasteiger partial charge in [-0.2, -0.15) is 0 Å². The van der Waals surface area contributed by atoms with E-state index in [4.69, 9.17) is 4.74 Å². The van der Waals surface area contributed by atoms with Crippen molar-refractivity contribution in [3.63, 3.8) is 0 Å². The first kappa shape index (κ1) is 20.0.